The molecule has 70 valence electrons. The van der Waals surface area contributed by atoms with Gasteiger partial charge in [0.05, 0.1) is 12.8 Å². The monoisotopic (exact) mass is 183 g/mol. The third-order valence-electron chi connectivity index (χ3n) is 1.55. The second-order valence-corrected chi connectivity index (χ2v) is 2.43. The highest BCUT2D eigenvalue weighted by Gasteiger charge is 2.07. The van der Waals surface area contributed by atoms with Crippen molar-refractivity contribution in [1.82, 2.24) is 19.6 Å². The molecule has 2 aromatic heterocycles. The van der Waals surface area contributed by atoms with Crippen LogP contribution in [0.3, 0.4) is 0 Å². The zero-order chi connectivity index (χ0) is 9.26. The number of nitrogens with two attached hydrogens (primary N) is 1. The summed E-state index contributed by atoms with van der Waals surface area (Å²) in [6, 6.07) is 0. The molecule has 0 aliphatic rings. The lowest BCUT2D eigenvalue weighted by atomic mass is 10.6. The number of hydrogen-bond donors (Lipinski definition) is 2. The number of rotatable bonds is 3. The summed E-state index contributed by atoms with van der Waals surface area (Å²) in [4.78, 5) is 5.11. The molecule has 0 atom stereocenters. The first-order valence-electron chi connectivity index (χ1n) is 3.74. The minimum absolute atomic E-state index is 0.0572. The quantitative estimate of drug-likeness (QED) is 0.606. The number of aliphatic hydroxyl groups excluding tert-OH is 1. The largest absolute Gasteiger partial charge is 0.408 e. The van der Waals surface area contributed by atoms with Crippen LogP contribution in [-0.4, -0.2) is 37.9 Å². The van der Waals surface area contributed by atoms with E-state index in [2.05, 4.69) is 10.2 Å². The van der Waals surface area contributed by atoms with Gasteiger partial charge in [0.1, 0.15) is 12.3 Å². The number of hydrogen-bond acceptors (Lipinski definition) is 5. The second kappa shape index (κ2) is 2.94. The Hall–Kier alpha value is -1.76. The molecular formula is C6H9N5O2. The molecule has 0 spiro atoms. The van der Waals surface area contributed by atoms with Gasteiger partial charge in [-0.3, -0.25) is 0 Å². The van der Waals surface area contributed by atoms with Crippen molar-refractivity contribution >= 4 is 11.3 Å². The zero-order valence-electron chi connectivity index (χ0n) is 6.79. The molecular weight excluding hydrogens is 174 g/mol. The van der Waals surface area contributed by atoms with E-state index in [0.717, 1.165) is 0 Å². The van der Waals surface area contributed by atoms with Gasteiger partial charge in [0.15, 0.2) is 6.33 Å². The Kier molecular flexibility index (Phi) is 1.78. The highest BCUT2D eigenvalue weighted by molar-refractivity contribution is 5.62. The molecule has 0 aromatic carbocycles. The molecule has 0 aliphatic carbocycles. The van der Waals surface area contributed by atoms with Crippen LogP contribution >= 0.6 is 0 Å². The van der Waals surface area contributed by atoms with E-state index >= 15 is 0 Å². The second-order valence-electron chi connectivity index (χ2n) is 2.43. The van der Waals surface area contributed by atoms with Gasteiger partial charge in [0.2, 0.25) is 5.65 Å². The lowest BCUT2D eigenvalue weighted by molar-refractivity contribution is 0.0819. The summed E-state index contributed by atoms with van der Waals surface area (Å²) < 4.78 is 2.73. The van der Waals surface area contributed by atoms with Gasteiger partial charge < -0.3 is 15.7 Å². The molecule has 0 bridgehead atoms. The van der Waals surface area contributed by atoms with E-state index in [-0.39, 0.29) is 13.2 Å². The van der Waals surface area contributed by atoms with Crippen molar-refractivity contribution < 1.29 is 9.94 Å². The Morgan fingerprint density at radius 1 is 1.54 bits per heavy atom. The molecule has 0 amide bonds. The van der Waals surface area contributed by atoms with Crippen molar-refractivity contribution in [2.24, 2.45) is 0 Å². The Morgan fingerprint density at radius 3 is 3.15 bits per heavy atom. The third kappa shape index (κ3) is 1.18. The predicted molar refractivity (Wildman–Crippen MR) is 43.9 cm³/mol. The van der Waals surface area contributed by atoms with E-state index < -0.39 is 0 Å². The Morgan fingerprint density at radius 2 is 2.38 bits per heavy atom. The van der Waals surface area contributed by atoms with Crippen LogP contribution in [0.4, 0.5) is 5.69 Å². The predicted octanol–water partition coefficient (Wildman–Crippen LogP) is -1.47. The fourth-order valence-corrected chi connectivity index (χ4v) is 1.03. The highest BCUT2D eigenvalue weighted by Crippen LogP contribution is 2.09. The molecule has 7 nitrogen and oxygen atoms in total. The van der Waals surface area contributed by atoms with E-state index in [1.165, 1.54) is 21.9 Å². The van der Waals surface area contributed by atoms with Crippen LogP contribution < -0.4 is 10.6 Å². The van der Waals surface area contributed by atoms with Gasteiger partial charge in [-0.2, -0.15) is 5.10 Å². The number of nitrogens with zero attached hydrogens (tertiary/aromatic N) is 4. The number of fused-ring (bicyclic) bond motifs is 1. The fourth-order valence-electron chi connectivity index (χ4n) is 1.03. The molecule has 0 saturated carbocycles. The topological polar surface area (TPSA) is 90.6 Å². The number of anilines is 1. The molecule has 13 heavy (non-hydrogen) atoms. The first-order chi connectivity index (χ1) is 6.33. The minimum atomic E-state index is -0.0572. The maximum Gasteiger partial charge on any atom is 0.216 e. The van der Waals surface area contributed by atoms with Gasteiger partial charge in [-0.15, -0.1) is 14.5 Å². The van der Waals surface area contributed by atoms with Gasteiger partial charge in [0, 0.05) is 0 Å². The van der Waals surface area contributed by atoms with Gasteiger partial charge in [-0.1, -0.05) is 0 Å². The van der Waals surface area contributed by atoms with Crippen molar-refractivity contribution in [3.05, 3.63) is 12.5 Å². The number of nitrogen functional groups attached to an aromatic ring is 1. The normalized spacial score (nSPS) is 10.8. The highest BCUT2D eigenvalue weighted by atomic mass is 16.7. The standard InChI is InChI=1S/C6H9N5O2/c7-5-3-8-11-6(5)10(4-9-11)13-2-1-12/h3-4,12H,1-2,7H2. The van der Waals surface area contributed by atoms with E-state index in [4.69, 9.17) is 15.7 Å². The van der Waals surface area contributed by atoms with Crippen LogP contribution in [0.25, 0.3) is 5.65 Å². The molecule has 2 aromatic rings. The fraction of sp³-hybridized carbons (Fsp3) is 0.333. The minimum Gasteiger partial charge on any atom is -0.408 e. The summed E-state index contributed by atoms with van der Waals surface area (Å²) >= 11 is 0. The smallest absolute Gasteiger partial charge is 0.216 e. The van der Waals surface area contributed by atoms with Crippen LogP contribution in [0.15, 0.2) is 12.5 Å². The SMILES string of the molecule is Nc1cnn2ncn(OCCO)c12. The van der Waals surface area contributed by atoms with E-state index in [9.17, 15) is 0 Å². The molecule has 0 saturated heterocycles. The lowest BCUT2D eigenvalue weighted by Gasteiger charge is -2.02. The van der Waals surface area contributed by atoms with Gasteiger partial charge in [0.25, 0.3) is 0 Å². The zero-order valence-corrected chi connectivity index (χ0v) is 6.79. The molecule has 3 N–H and O–H groups in total. The van der Waals surface area contributed by atoms with Crippen LogP contribution in [-0.2, 0) is 0 Å². The average Bonchev–Trinajstić information content (AvgIpc) is 2.67. The molecule has 0 fully saturated rings. The maximum atomic E-state index is 8.54. The van der Waals surface area contributed by atoms with Gasteiger partial charge >= 0.3 is 0 Å². The van der Waals surface area contributed by atoms with E-state index in [0.29, 0.717) is 11.3 Å². The summed E-state index contributed by atoms with van der Waals surface area (Å²) in [5, 5.41) is 16.3. The Bertz CT molecular complexity index is 406. The molecule has 0 unspecified atom stereocenters. The van der Waals surface area contributed by atoms with Gasteiger partial charge in [-0.05, 0) is 0 Å². The summed E-state index contributed by atoms with van der Waals surface area (Å²) in [6.07, 6.45) is 2.93. The maximum absolute atomic E-state index is 8.54. The average molecular weight is 183 g/mol. The van der Waals surface area contributed by atoms with Crippen LogP contribution in [0, 0.1) is 0 Å². The lowest BCUT2D eigenvalue weighted by Crippen LogP contribution is -2.14. The summed E-state index contributed by atoms with van der Waals surface area (Å²) in [6.45, 7) is 0.134. The first-order valence-corrected chi connectivity index (χ1v) is 3.74. The van der Waals surface area contributed by atoms with Crippen LogP contribution in [0.2, 0.25) is 0 Å². The van der Waals surface area contributed by atoms with Crippen molar-refractivity contribution in [2.45, 2.75) is 0 Å². The van der Waals surface area contributed by atoms with Crippen molar-refractivity contribution in [3.63, 3.8) is 0 Å². The summed E-state index contributed by atoms with van der Waals surface area (Å²) in [5.41, 5.74) is 6.65. The Labute approximate surface area is 73.3 Å². The molecule has 7 heteroatoms. The Balaban J connectivity index is 2.38. The van der Waals surface area contributed by atoms with Crippen molar-refractivity contribution in [1.29, 1.82) is 0 Å². The van der Waals surface area contributed by atoms with Crippen LogP contribution in [0.1, 0.15) is 0 Å². The van der Waals surface area contributed by atoms with E-state index in [1.54, 1.807) is 0 Å². The molecule has 0 radical (unpaired) electrons. The molecule has 2 rings (SSSR count). The third-order valence-corrected chi connectivity index (χ3v) is 1.55. The number of aliphatic hydroxyl groups is 1. The summed E-state index contributed by atoms with van der Waals surface area (Å²) in [7, 11) is 0. The number of aromatic nitrogens is 4. The van der Waals surface area contributed by atoms with Crippen LogP contribution in [0.5, 0.6) is 0 Å². The van der Waals surface area contributed by atoms with Crippen molar-refractivity contribution in [3.8, 4) is 0 Å². The molecule has 0 aliphatic heterocycles. The summed E-state index contributed by atoms with van der Waals surface area (Å²) in [5.74, 6) is 0. The first kappa shape index (κ1) is 7.87. The molecule has 2 heterocycles. The van der Waals surface area contributed by atoms with Gasteiger partial charge in [-0.25, -0.2) is 0 Å². The van der Waals surface area contributed by atoms with Crippen molar-refractivity contribution in [2.75, 3.05) is 18.9 Å². The van der Waals surface area contributed by atoms with E-state index in [1.807, 2.05) is 0 Å².